The number of ketones is 1. The molecule has 0 N–H and O–H groups in total. The lowest BCUT2D eigenvalue weighted by Crippen LogP contribution is -2.42. The molecule has 6 nitrogen and oxygen atoms in total. The first-order valence-corrected chi connectivity index (χ1v) is 12.3. The van der Waals surface area contributed by atoms with Crippen LogP contribution in [0.5, 0.6) is 11.5 Å². The van der Waals surface area contributed by atoms with Crippen LogP contribution in [0, 0.1) is 5.92 Å². The number of hydrogen-bond donors (Lipinski definition) is 0. The highest BCUT2D eigenvalue weighted by Gasteiger charge is 2.52. The van der Waals surface area contributed by atoms with Gasteiger partial charge in [-0.1, -0.05) is 31.2 Å². The Bertz CT molecular complexity index is 1140. The lowest BCUT2D eigenvalue weighted by molar-refractivity contribution is -0.136. The molecular weight excluding hydrogens is 449 g/mol. The van der Waals surface area contributed by atoms with Crippen molar-refractivity contribution in [3.8, 4) is 11.5 Å². The molecule has 4 unspecified atom stereocenters. The minimum atomic E-state index is -1.03. The third kappa shape index (κ3) is 4.40. The normalized spacial score (nSPS) is 25.7. The fraction of sp³-hybridized carbons (Fsp3) is 0.429. The molecule has 1 fully saturated rings. The number of amides is 1. The van der Waals surface area contributed by atoms with Crippen molar-refractivity contribution >= 4 is 11.7 Å². The minimum Gasteiger partial charge on any atom is -0.497 e. The first kappa shape index (κ1) is 23.4. The van der Waals surface area contributed by atoms with Gasteiger partial charge >= 0.3 is 0 Å². The highest BCUT2D eigenvalue weighted by molar-refractivity contribution is 6.11. The van der Waals surface area contributed by atoms with Gasteiger partial charge in [0.2, 0.25) is 0 Å². The maximum absolute atomic E-state index is 14.2. The molecule has 1 amide bonds. The molecular formula is C28H30FNO5. The third-order valence-corrected chi connectivity index (χ3v) is 7.04. The second-order valence-electron chi connectivity index (χ2n) is 9.38. The van der Waals surface area contributed by atoms with Crippen LogP contribution in [0.1, 0.15) is 49.8 Å². The van der Waals surface area contributed by atoms with Gasteiger partial charge in [-0.3, -0.25) is 9.59 Å². The Kier molecular flexibility index (Phi) is 6.50. The molecule has 0 bridgehead atoms. The molecule has 0 spiro atoms. The van der Waals surface area contributed by atoms with Crippen molar-refractivity contribution in [2.45, 2.75) is 57.5 Å². The molecule has 0 aromatic heterocycles. The lowest BCUT2D eigenvalue weighted by atomic mass is 9.77. The summed E-state index contributed by atoms with van der Waals surface area (Å²) in [5.74, 6) is 0.475. The van der Waals surface area contributed by atoms with Crippen LogP contribution < -0.4 is 9.47 Å². The van der Waals surface area contributed by atoms with Crippen LogP contribution >= 0.6 is 0 Å². The number of methoxy groups -OCH3 is 1. The Labute approximate surface area is 204 Å². The van der Waals surface area contributed by atoms with Gasteiger partial charge in [-0.15, -0.1) is 0 Å². The number of nitrogens with zero attached hydrogens (tertiary/aromatic N) is 1. The van der Waals surface area contributed by atoms with E-state index in [9.17, 15) is 14.0 Å². The van der Waals surface area contributed by atoms with E-state index in [0.717, 1.165) is 23.3 Å². The summed E-state index contributed by atoms with van der Waals surface area (Å²) >= 11 is 0. The summed E-state index contributed by atoms with van der Waals surface area (Å²) in [6.07, 6.45) is 0.316. The highest BCUT2D eigenvalue weighted by atomic mass is 19.1. The molecule has 4 atom stereocenters. The zero-order chi connectivity index (χ0) is 24.5. The van der Waals surface area contributed by atoms with Crippen LogP contribution in [0.25, 0.3) is 0 Å². The standard InChI is InChI=1S/C28H30FNO5/c1-3-13-34-21-6-4-5-18(14-21)25-24-26(31)22-15-19(29)9-12-23(22)35-27(24)28(32)30(25)16-17-7-10-20(33-2)11-8-17/h4-8,10-11,14,19,22-23,25H,3,9,12-13,15-16H2,1-2H3. The Hall–Kier alpha value is -3.35. The largest absolute Gasteiger partial charge is 0.497 e. The molecule has 5 rings (SSSR count). The molecule has 35 heavy (non-hydrogen) atoms. The van der Waals surface area contributed by atoms with E-state index in [4.69, 9.17) is 14.2 Å². The van der Waals surface area contributed by atoms with Crippen LogP contribution in [0.15, 0.2) is 59.9 Å². The summed E-state index contributed by atoms with van der Waals surface area (Å²) in [7, 11) is 1.60. The van der Waals surface area contributed by atoms with Crippen molar-refractivity contribution in [1.82, 2.24) is 4.90 Å². The van der Waals surface area contributed by atoms with Crippen molar-refractivity contribution in [3.05, 3.63) is 71.0 Å². The molecule has 0 saturated heterocycles. The van der Waals surface area contributed by atoms with Crippen LogP contribution in [0.3, 0.4) is 0 Å². The van der Waals surface area contributed by atoms with Crippen LogP contribution in [0.2, 0.25) is 0 Å². The van der Waals surface area contributed by atoms with Gasteiger partial charge in [0, 0.05) is 6.54 Å². The van der Waals surface area contributed by atoms with E-state index in [2.05, 4.69) is 0 Å². The van der Waals surface area contributed by atoms with Gasteiger partial charge in [-0.05, 0) is 61.1 Å². The number of hydrogen-bond acceptors (Lipinski definition) is 5. The molecule has 2 heterocycles. The molecule has 2 aliphatic heterocycles. The zero-order valence-electron chi connectivity index (χ0n) is 20.0. The summed E-state index contributed by atoms with van der Waals surface area (Å²) in [6, 6.07) is 14.4. The topological polar surface area (TPSA) is 65.1 Å². The summed E-state index contributed by atoms with van der Waals surface area (Å²) in [5.41, 5.74) is 2.01. The van der Waals surface area contributed by atoms with Crippen LogP contribution in [0.4, 0.5) is 4.39 Å². The highest BCUT2D eigenvalue weighted by Crippen LogP contribution is 2.48. The Balaban J connectivity index is 1.54. The molecule has 3 aliphatic rings. The van der Waals surface area contributed by atoms with Crippen molar-refractivity contribution in [3.63, 3.8) is 0 Å². The molecule has 1 saturated carbocycles. The number of halogens is 1. The maximum Gasteiger partial charge on any atom is 0.290 e. The second-order valence-corrected chi connectivity index (χ2v) is 9.38. The van der Waals surface area contributed by atoms with Gasteiger partial charge < -0.3 is 19.1 Å². The Morgan fingerprint density at radius 2 is 1.89 bits per heavy atom. The fourth-order valence-corrected chi connectivity index (χ4v) is 5.29. The predicted octanol–water partition coefficient (Wildman–Crippen LogP) is 4.93. The van der Waals surface area contributed by atoms with Crippen molar-refractivity contribution in [2.75, 3.05) is 13.7 Å². The molecule has 1 aliphatic carbocycles. The fourth-order valence-electron chi connectivity index (χ4n) is 5.29. The second kappa shape index (κ2) is 9.72. The molecule has 184 valence electrons. The summed E-state index contributed by atoms with van der Waals surface area (Å²) in [4.78, 5) is 29.1. The Morgan fingerprint density at radius 1 is 1.09 bits per heavy atom. The quantitative estimate of drug-likeness (QED) is 0.564. The smallest absolute Gasteiger partial charge is 0.290 e. The van der Waals surface area contributed by atoms with Crippen molar-refractivity contribution < 1.29 is 28.2 Å². The first-order valence-electron chi connectivity index (χ1n) is 12.3. The summed E-state index contributed by atoms with van der Waals surface area (Å²) in [5, 5.41) is 0. The molecule has 0 radical (unpaired) electrons. The maximum atomic E-state index is 14.2. The number of carbonyl (C=O) groups is 2. The monoisotopic (exact) mass is 479 g/mol. The molecule has 2 aromatic rings. The van der Waals surface area contributed by atoms with Crippen LogP contribution in [-0.2, 0) is 20.9 Å². The molecule has 7 heteroatoms. The van der Waals surface area contributed by atoms with Gasteiger partial charge in [0.15, 0.2) is 11.5 Å². The number of benzene rings is 2. The minimum absolute atomic E-state index is 0.118. The average molecular weight is 480 g/mol. The third-order valence-electron chi connectivity index (χ3n) is 7.04. The lowest BCUT2D eigenvalue weighted by Gasteiger charge is -2.36. The van der Waals surface area contributed by atoms with Crippen LogP contribution in [-0.4, -0.2) is 42.6 Å². The van der Waals surface area contributed by atoms with E-state index in [1.165, 1.54) is 0 Å². The van der Waals surface area contributed by atoms with E-state index in [-0.39, 0.29) is 30.4 Å². The van der Waals surface area contributed by atoms with E-state index >= 15 is 0 Å². The number of ether oxygens (including phenoxy) is 3. The number of carbonyl (C=O) groups excluding carboxylic acids is 2. The number of fused-ring (bicyclic) bond motifs is 1. The van der Waals surface area contributed by atoms with Crippen molar-refractivity contribution in [1.29, 1.82) is 0 Å². The number of rotatable bonds is 7. The van der Waals surface area contributed by atoms with E-state index in [1.54, 1.807) is 12.0 Å². The van der Waals surface area contributed by atoms with Gasteiger partial charge in [0.25, 0.3) is 5.91 Å². The van der Waals surface area contributed by atoms with E-state index in [0.29, 0.717) is 30.8 Å². The van der Waals surface area contributed by atoms with Crippen molar-refractivity contribution in [2.24, 2.45) is 5.92 Å². The predicted molar refractivity (Wildman–Crippen MR) is 128 cm³/mol. The molecule has 2 aromatic carbocycles. The van der Waals surface area contributed by atoms with E-state index < -0.39 is 24.2 Å². The average Bonchev–Trinajstić information content (AvgIpc) is 3.15. The van der Waals surface area contributed by atoms with E-state index in [1.807, 2.05) is 55.5 Å². The van der Waals surface area contributed by atoms with Gasteiger partial charge in [-0.25, -0.2) is 4.39 Å². The number of Topliss-reactive ketones (excluding diaryl/α,β-unsaturated/α-hetero) is 1. The van der Waals surface area contributed by atoms with Gasteiger partial charge in [-0.2, -0.15) is 0 Å². The Morgan fingerprint density at radius 3 is 2.63 bits per heavy atom. The summed E-state index contributed by atoms with van der Waals surface area (Å²) < 4.78 is 31.5. The zero-order valence-corrected chi connectivity index (χ0v) is 20.0. The first-order chi connectivity index (χ1) is 17.0. The summed E-state index contributed by atoms with van der Waals surface area (Å²) in [6.45, 7) is 2.89. The SMILES string of the molecule is CCCOc1cccc(C2C3=C(OC4CCC(F)CC4C3=O)C(=O)N2Cc2ccc(OC)cc2)c1. The van der Waals surface area contributed by atoms with Gasteiger partial charge in [0.05, 0.1) is 31.2 Å². The number of alkyl halides is 1. The van der Waals surface area contributed by atoms with Gasteiger partial charge in [0.1, 0.15) is 23.8 Å².